The van der Waals surface area contributed by atoms with Crippen LogP contribution in [0.4, 0.5) is 17.2 Å². The summed E-state index contributed by atoms with van der Waals surface area (Å²) >= 11 is 1.69. The smallest absolute Gasteiger partial charge is 0.143 e. The molecule has 2 aromatic carbocycles. The van der Waals surface area contributed by atoms with E-state index in [-0.39, 0.29) is 0 Å². The van der Waals surface area contributed by atoms with E-state index in [9.17, 15) is 0 Å². The van der Waals surface area contributed by atoms with Crippen molar-refractivity contribution in [3.63, 3.8) is 0 Å². The highest BCUT2D eigenvalue weighted by atomic mass is 32.1. The highest BCUT2D eigenvalue weighted by molar-refractivity contribution is 7.17. The number of hydrogen-bond donors (Lipinski definition) is 1. The van der Waals surface area contributed by atoms with E-state index in [0.29, 0.717) is 0 Å². The monoisotopic (exact) mass is 440 g/mol. The second-order valence-electron chi connectivity index (χ2n) is 8.96. The Morgan fingerprint density at radius 1 is 0.812 bits per heavy atom. The van der Waals surface area contributed by atoms with Crippen LogP contribution in [0, 0.1) is 0 Å². The predicted octanol–water partition coefficient (Wildman–Crippen LogP) is 6.97. The van der Waals surface area contributed by atoms with E-state index in [0.717, 1.165) is 21.7 Å². The van der Waals surface area contributed by atoms with Gasteiger partial charge in [-0.15, -0.1) is 11.3 Å². The summed E-state index contributed by atoms with van der Waals surface area (Å²) < 4.78 is 0. The van der Waals surface area contributed by atoms with Crippen LogP contribution in [0.2, 0.25) is 0 Å². The first-order chi connectivity index (χ1) is 15.8. The number of aromatic nitrogens is 2. The molecule has 0 unspecified atom stereocenters. The third-order valence-electron chi connectivity index (χ3n) is 6.88. The molecular weight excluding hydrogens is 412 g/mol. The number of rotatable bonds is 4. The number of benzene rings is 2. The van der Waals surface area contributed by atoms with Crippen LogP contribution in [0.25, 0.3) is 21.3 Å². The Balaban J connectivity index is 1.32. The summed E-state index contributed by atoms with van der Waals surface area (Å²) in [5, 5.41) is 6.92. The van der Waals surface area contributed by atoms with Crippen LogP contribution in [0.5, 0.6) is 0 Å². The zero-order valence-corrected chi connectivity index (χ0v) is 19.1. The van der Waals surface area contributed by atoms with Crippen LogP contribution in [0.15, 0.2) is 54.2 Å². The number of aryl methyl sites for hydroxylation is 2. The van der Waals surface area contributed by atoms with E-state index in [2.05, 4.69) is 68.0 Å². The fourth-order valence-electron chi connectivity index (χ4n) is 5.13. The summed E-state index contributed by atoms with van der Waals surface area (Å²) in [6, 6.07) is 15.8. The molecule has 1 saturated heterocycles. The number of thiophene rings is 1. The van der Waals surface area contributed by atoms with Crippen molar-refractivity contribution in [3.05, 3.63) is 65.3 Å². The van der Waals surface area contributed by atoms with E-state index >= 15 is 0 Å². The number of hydrogen-bond acceptors (Lipinski definition) is 5. The minimum Gasteiger partial charge on any atom is -0.372 e. The molecule has 5 heteroatoms. The van der Waals surface area contributed by atoms with Crippen molar-refractivity contribution in [2.45, 2.75) is 44.9 Å². The third-order valence-corrected chi connectivity index (χ3v) is 7.77. The molecule has 0 amide bonds. The third kappa shape index (κ3) is 3.75. The van der Waals surface area contributed by atoms with Gasteiger partial charge >= 0.3 is 0 Å². The van der Waals surface area contributed by atoms with Gasteiger partial charge in [0.2, 0.25) is 0 Å². The molecule has 0 saturated carbocycles. The van der Waals surface area contributed by atoms with Gasteiger partial charge in [-0.1, -0.05) is 18.2 Å². The van der Waals surface area contributed by atoms with Crippen LogP contribution < -0.4 is 10.2 Å². The lowest BCUT2D eigenvalue weighted by Crippen LogP contribution is -2.29. The normalized spacial score (nSPS) is 16.2. The lowest BCUT2D eigenvalue weighted by Gasteiger charge is -2.28. The second-order valence-corrected chi connectivity index (χ2v) is 9.82. The molecule has 2 aliphatic rings. The summed E-state index contributed by atoms with van der Waals surface area (Å²) in [6.45, 7) is 2.33. The van der Waals surface area contributed by atoms with E-state index in [1.54, 1.807) is 17.7 Å². The molecule has 4 nitrogen and oxygen atoms in total. The van der Waals surface area contributed by atoms with Crippen molar-refractivity contribution in [2.24, 2.45) is 0 Å². The van der Waals surface area contributed by atoms with Gasteiger partial charge in [-0.05, 0) is 85.9 Å². The van der Waals surface area contributed by atoms with Crippen LogP contribution in [-0.2, 0) is 12.8 Å². The topological polar surface area (TPSA) is 41.1 Å². The maximum Gasteiger partial charge on any atom is 0.143 e. The molecule has 0 spiro atoms. The molecule has 0 radical (unpaired) electrons. The van der Waals surface area contributed by atoms with E-state index in [1.165, 1.54) is 86.0 Å². The zero-order chi connectivity index (χ0) is 21.3. The summed E-state index contributed by atoms with van der Waals surface area (Å²) in [4.78, 5) is 12.7. The fourth-order valence-corrected chi connectivity index (χ4v) is 6.04. The van der Waals surface area contributed by atoms with E-state index in [4.69, 9.17) is 0 Å². The quantitative estimate of drug-likeness (QED) is 0.372. The lowest BCUT2D eigenvalue weighted by molar-refractivity contribution is 0.578. The van der Waals surface area contributed by atoms with Crippen molar-refractivity contribution in [1.29, 1.82) is 0 Å². The number of anilines is 3. The molecule has 6 rings (SSSR count). The molecule has 3 heterocycles. The maximum absolute atomic E-state index is 4.63. The summed E-state index contributed by atoms with van der Waals surface area (Å²) in [6.07, 6.45) is 10.6. The SMILES string of the molecule is c1nc(Nc2ccc(N3CCCCC3)cc2)c2c(-c3ccc4c(c3)CCCC4)csc2n1. The Hall–Kier alpha value is -2.92. The van der Waals surface area contributed by atoms with Gasteiger partial charge in [0, 0.05) is 35.4 Å². The average Bonchev–Trinajstić information content (AvgIpc) is 3.30. The van der Waals surface area contributed by atoms with Gasteiger partial charge in [-0.3, -0.25) is 0 Å². The van der Waals surface area contributed by atoms with Crippen molar-refractivity contribution < 1.29 is 0 Å². The molecular formula is C27H28N4S. The van der Waals surface area contributed by atoms with Crippen LogP contribution in [-0.4, -0.2) is 23.1 Å². The van der Waals surface area contributed by atoms with Crippen molar-refractivity contribution in [2.75, 3.05) is 23.3 Å². The molecule has 4 aromatic rings. The molecule has 162 valence electrons. The molecule has 0 bridgehead atoms. The highest BCUT2D eigenvalue weighted by Gasteiger charge is 2.16. The Labute approximate surface area is 193 Å². The standard InChI is InChI=1S/C27H28N4S/c1-4-14-31(15-5-1)23-12-10-22(11-13-23)30-26-25-24(17-32-27(25)29-18-28-26)21-9-8-19-6-2-3-7-20(19)16-21/h8-13,16-18H,1-7,14-15H2,(H,28,29,30). The van der Waals surface area contributed by atoms with Crippen molar-refractivity contribution in [3.8, 4) is 11.1 Å². The van der Waals surface area contributed by atoms with Crippen molar-refractivity contribution in [1.82, 2.24) is 9.97 Å². The molecule has 1 aliphatic heterocycles. The Bertz CT molecular complexity index is 1240. The summed E-state index contributed by atoms with van der Waals surface area (Å²) in [7, 11) is 0. The molecule has 1 N–H and O–H groups in total. The Kier molecular flexibility index (Phi) is 5.27. The fraction of sp³-hybridized carbons (Fsp3) is 0.333. The largest absolute Gasteiger partial charge is 0.372 e. The van der Waals surface area contributed by atoms with Gasteiger partial charge in [-0.2, -0.15) is 0 Å². The zero-order valence-electron chi connectivity index (χ0n) is 18.3. The van der Waals surface area contributed by atoms with Crippen LogP contribution in [0.3, 0.4) is 0 Å². The minimum absolute atomic E-state index is 0.884. The average molecular weight is 441 g/mol. The van der Waals surface area contributed by atoms with E-state index in [1.807, 2.05) is 0 Å². The van der Waals surface area contributed by atoms with E-state index < -0.39 is 0 Å². The molecule has 32 heavy (non-hydrogen) atoms. The van der Waals surface area contributed by atoms with Gasteiger partial charge in [0.15, 0.2) is 0 Å². The Morgan fingerprint density at radius 3 is 2.47 bits per heavy atom. The first kappa shape index (κ1) is 19.7. The first-order valence-corrected chi connectivity index (χ1v) is 12.7. The minimum atomic E-state index is 0.884. The predicted molar refractivity (Wildman–Crippen MR) is 135 cm³/mol. The number of nitrogens with zero attached hydrogens (tertiary/aromatic N) is 3. The maximum atomic E-state index is 4.63. The van der Waals surface area contributed by atoms with Gasteiger partial charge in [0.05, 0.1) is 5.39 Å². The molecule has 2 aromatic heterocycles. The summed E-state index contributed by atoms with van der Waals surface area (Å²) in [5.41, 5.74) is 7.90. The lowest BCUT2D eigenvalue weighted by atomic mass is 9.89. The second kappa shape index (κ2) is 8.55. The van der Waals surface area contributed by atoms with Crippen LogP contribution in [0.1, 0.15) is 43.2 Å². The summed E-state index contributed by atoms with van der Waals surface area (Å²) in [5.74, 6) is 0.884. The molecule has 0 atom stereocenters. The van der Waals surface area contributed by atoms with Gasteiger partial charge in [0.1, 0.15) is 17.0 Å². The molecule has 1 aliphatic carbocycles. The van der Waals surface area contributed by atoms with Gasteiger partial charge < -0.3 is 10.2 Å². The van der Waals surface area contributed by atoms with Crippen LogP contribution >= 0.6 is 11.3 Å². The number of fused-ring (bicyclic) bond motifs is 2. The Morgan fingerprint density at radius 2 is 1.62 bits per heavy atom. The first-order valence-electron chi connectivity index (χ1n) is 11.8. The number of nitrogens with one attached hydrogen (secondary N) is 1. The van der Waals surface area contributed by atoms with Gasteiger partial charge in [-0.25, -0.2) is 9.97 Å². The van der Waals surface area contributed by atoms with Crippen molar-refractivity contribution >= 4 is 38.7 Å². The molecule has 1 fully saturated rings. The highest BCUT2D eigenvalue weighted by Crippen LogP contribution is 2.39. The van der Waals surface area contributed by atoms with Gasteiger partial charge in [0.25, 0.3) is 0 Å². The number of piperidine rings is 1.